The average Bonchev–Trinajstić information content (AvgIpc) is 2.38. The van der Waals surface area contributed by atoms with E-state index in [1.807, 2.05) is 6.07 Å². The molecule has 18 heavy (non-hydrogen) atoms. The van der Waals surface area contributed by atoms with Crippen LogP contribution in [0.15, 0.2) is 12.3 Å². The fraction of sp³-hybridized carbons (Fsp3) is 0.538. The summed E-state index contributed by atoms with van der Waals surface area (Å²) in [5.74, 6) is 0.735. The lowest BCUT2D eigenvalue weighted by Crippen LogP contribution is -2.50. The molecule has 0 N–H and O–H groups in total. The standard InChI is InChI=1S/C13H16ClN3O/c1-3-13(2)9-17(4-5-18-13)12-11(14)6-10(7-15)8-16-12/h6,8H,3-5,9H2,1-2H3. The van der Waals surface area contributed by atoms with E-state index in [2.05, 4.69) is 23.7 Å². The Labute approximate surface area is 112 Å². The number of pyridine rings is 1. The summed E-state index contributed by atoms with van der Waals surface area (Å²) in [5.41, 5.74) is 0.326. The molecule has 2 heterocycles. The van der Waals surface area contributed by atoms with Crippen LogP contribution in [0, 0.1) is 11.3 Å². The number of nitrogens with zero attached hydrogens (tertiary/aromatic N) is 3. The summed E-state index contributed by atoms with van der Waals surface area (Å²) >= 11 is 6.18. The SMILES string of the molecule is CCC1(C)CN(c2ncc(C#N)cc2Cl)CCO1. The van der Waals surface area contributed by atoms with Gasteiger partial charge in [-0.25, -0.2) is 4.98 Å². The molecule has 1 atom stereocenters. The molecule has 5 heteroatoms. The van der Waals surface area contributed by atoms with E-state index >= 15 is 0 Å². The first-order valence-corrected chi connectivity index (χ1v) is 6.40. The van der Waals surface area contributed by atoms with Gasteiger partial charge in [0.05, 0.1) is 22.8 Å². The molecular formula is C13H16ClN3O. The van der Waals surface area contributed by atoms with Gasteiger partial charge < -0.3 is 9.64 Å². The van der Waals surface area contributed by atoms with Gasteiger partial charge in [0.1, 0.15) is 11.9 Å². The van der Waals surface area contributed by atoms with Crippen molar-refractivity contribution < 1.29 is 4.74 Å². The predicted octanol–water partition coefficient (Wildman–Crippen LogP) is 2.61. The summed E-state index contributed by atoms with van der Waals surface area (Å²) in [6.07, 6.45) is 2.50. The van der Waals surface area contributed by atoms with Crippen LogP contribution in [-0.4, -0.2) is 30.3 Å². The van der Waals surface area contributed by atoms with Gasteiger partial charge in [-0.3, -0.25) is 0 Å². The average molecular weight is 266 g/mol. The Morgan fingerprint density at radius 1 is 1.67 bits per heavy atom. The van der Waals surface area contributed by atoms with Gasteiger partial charge >= 0.3 is 0 Å². The smallest absolute Gasteiger partial charge is 0.147 e. The molecule has 1 aliphatic heterocycles. The van der Waals surface area contributed by atoms with Crippen molar-refractivity contribution in [2.24, 2.45) is 0 Å². The molecule has 0 spiro atoms. The third-order valence-electron chi connectivity index (χ3n) is 3.34. The first-order valence-electron chi connectivity index (χ1n) is 6.02. The maximum atomic E-state index is 8.80. The number of anilines is 1. The van der Waals surface area contributed by atoms with Crippen molar-refractivity contribution in [3.63, 3.8) is 0 Å². The third-order valence-corrected chi connectivity index (χ3v) is 3.61. The van der Waals surface area contributed by atoms with Gasteiger partial charge in [-0.2, -0.15) is 5.26 Å². The number of ether oxygens (including phenoxy) is 1. The van der Waals surface area contributed by atoms with Gasteiger partial charge in [0.25, 0.3) is 0 Å². The number of rotatable bonds is 2. The summed E-state index contributed by atoms with van der Waals surface area (Å²) in [4.78, 5) is 6.41. The minimum atomic E-state index is -0.156. The van der Waals surface area contributed by atoms with Gasteiger partial charge in [-0.1, -0.05) is 18.5 Å². The van der Waals surface area contributed by atoms with Crippen molar-refractivity contribution in [1.82, 2.24) is 4.98 Å². The molecule has 0 aromatic carbocycles. The minimum Gasteiger partial charge on any atom is -0.372 e. The van der Waals surface area contributed by atoms with E-state index in [4.69, 9.17) is 21.6 Å². The Balaban J connectivity index is 2.24. The molecule has 1 aromatic rings. The van der Waals surface area contributed by atoms with Crippen LogP contribution in [0.3, 0.4) is 0 Å². The Morgan fingerprint density at radius 3 is 3.06 bits per heavy atom. The Hall–Kier alpha value is -1.31. The highest BCUT2D eigenvalue weighted by Crippen LogP contribution is 2.29. The highest BCUT2D eigenvalue weighted by atomic mass is 35.5. The molecule has 1 aromatic heterocycles. The molecule has 0 bridgehead atoms. The lowest BCUT2D eigenvalue weighted by atomic mass is 10.0. The largest absolute Gasteiger partial charge is 0.372 e. The summed E-state index contributed by atoms with van der Waals surface area (Å²) in [5, 5.41) is 9.32. The first kappa shape index (κ1) is 13.1. The topological polar surface area (TPSA) is 49.2 Å². The fourth-order valence-corrected chi connectivity index (χ4v) is 2.34. The minimum absolute atomic E-state index is 0.156. The Bertz CT molecular complexity index is 486. The van der Waals surface area contributed by atoms with Crippen molar-refractivity contribution in [2.45, 2.75) is 25.9 Å². The van der Waals surface area contributed by atoms with Gasteiger partial charge in [-0.05, 0) is 19.4 Å². The molecule has 96 valence electrons. The number of halogens is 1. The molecule has 0 aliphatic carbocycles. The van der Waals surface area contributed by atoms with Crippen LogP contribution in [0.25, 0.3) is 0 Å². The van der Waals surface area contributed by atoms with Crippen LogP contribution in [0.1, 0.15) is 25.8 Å². The van der Waals surface area contributed by atoms with Gasteiger partial charge in [0, 0.05) is 19.3 Å². The van der Waals surface area contributed by atoms with Gasteiger partial charge in [-0.15, -0.1) is 0 Å². The lowest BCUT2D eigenvalue weighted by Gasteiger charge is -2.40. The van der Waals surface area contributed by atoms with Crippen molar-refractivity contribution in [2.75, 3.05) is 24.6 Å². The van der Waals surface area contributed by atoms with Crippen LogP contribution in [0.4, 0.5) is 5.82 Å². The second-order valence-electron chi connectivity index (χ2n) is 4.71. The van der Waals surface area contributed by atoms with E-state index < -0.39 is 0 Å². The number of hydrogen-bond donors (Lipinski definition) is 0. The first-order chi connectivity index (χ1) is 8.58. The van der Waals surface area contributed by atoms with Crippen molar-refractivity contribution in [3.8, 4) is 6.07 Å². The van der Waals surface area contributed by atoms with E-state index in [1.165, 1.54) is 0 Å². The zero-order valence-electron chi connectivity index (χ0n) is 10.6. The number of aromatic nitrogens is 1. The Kier molecular flexibility index (Phi) is 3.74. The van der Waals surface area contributed by atoms with Crippen LogP contribution < -0.4 is 4.90 Å². The van der Waals surface area contributed by atoms with Crippen molar-refractivity contribution in [3.05, 3.63) is 22.8 Å². The van der Waals surface area contributed by atoms with Crippen LogP contribution in [0.2, 0.25) is 5.02 Å². The van der Waals surface area contributed by atoms with E-state index in [0.29, 0.717) is 17.2 Å². The molecule has 0 saturated carbocycles. The summed E-state index contributed by atoms with van der Waals surface area (Å²) in [6, 6.07) is 3.69. The zero-order chi connectivity index (χ0) is 13.2. The van der Waals surface area contributed by atoms with E-state index in [0.717, 1.165) is 25.3 Å². The molecule has 0 amide bonds. The highest BCUT2D eigenvalue weighted by Gasteiger charge is 2.31. The van der Waals surface area contributed by atoms with Crippen molar-refractivity contribution >= 4 is 17.4 Å². The maximum Gasteiger partial charge on any atom is 0.147 e. The molecule has 1 aliphatic rings. The molecular weight excluding hydrogens is 250 g/mol. The molecule has 2 rings (SSSR count). The normalized spacial score (nSPS) is 23.8. The summed E-state index contributed by atoms with van der Waals surface area (Å²) < 4.78 is 5.79. The number of morpholine rings is 1. The van der Waals surface area contributed by atoms with Gasteiger partial charge in [0.2, 0.25) is 0 Å². The van der Waals surface area contributed by atoms with Gasteiger partial charge in [0.15, 0.2) is 0 Å². The zero-order valence-corrected chi connectivity index (χ0v) is 11.4. The summed E-state index contributed by atoms with van der Waals surface area (Å²) in [7, 11) is 0. The molecule has 0 radical (unpaired) electrons. The number of nitriles is 1. The maximum absolute atomic E-state index is 8.80. The lowest BCUT2D eigenvalue weighted by molar-refractivity contribution is -0.0443. The fourth-order valence-electron chi connectivity index (χ4n) is 2.05. The summed E-state index contributed by atoms with van der Waals surface area (Å²) in [6.45, 7) is 6.41. The quantitative estimate of drug-likeness (QED) is 0.825. The third kappa shape index (κ3) is 2.58. The highest BCUT2D eigenvalue weighted by molar-refractivity contribution is 6.33. The molecule has 1 saturated heterocycles. The predicted molar refractivity (Wildman–Crippen MR) is 70.8 cm³/mol. The molecule has 1 fully saturated rings. The molecule has 1 unspecified atom stereocenters. The monoisotopic (exact) mass is 265 g/mol. The van der Waals surface area contributed by atoms with Crippen molar-refractivity contribution in [1.29, 1.82) is 5.26 Å². The van der Waals surface area contributed by atoms with Crippen LogP contribution in [0.5, 0.6) is 0 Å². The molecule has 4 nitrogen and oxygen atoms in total. The van der Waals surface area contributed by atoms with E-state index in [9.17, 15) is 0 Å². The van der Waals surface area contributed by atoms with E-state index in [1.54, 1.807) is 12.3 Å². The Morgan fingerprint density at radius 2 is 2.44 bits per heavy atom. The number of hydrogen-bond acceptors (Lipinski definition) is 4. The van der Waals surface area contributed by atoms with Crippen LogP contribution >= 0.6 is 11.6 Å². The second kappa shape index (κ2) is 5.13. The van der Waals surface area contributed by atoms with E-state index in [-0.39, 0.29) is 5.60 Å². The van der Waals surface area contributed by atoms with Crippen LogP contribution in [-0.2, 0) is 4.74 Å². The second-order valence-corrected chi connectivity index (χ2v) is 5.12.